The molecule has 2 aromatic rings. The molecule has 0 radical (unpaired) electrons. The van der Waals surface area contributed by atoms with Crippen molar-refractivity contribution in [1.29, 1.82) is 0 Å². The molecule has 5 nitrogen and oxygen atoms in total. The van der Waals surface area contributed by atoms with E-state index in [0.717, 1.165) is 49.4 Å². The highest BCUT2D eigenvalue weighted by atomic mass is 32.2. The fraction of sp³-hybridized carbons (Fsp3) is 0.421. The summed E-state index contributed by atoms with van der Waals surface area (Å²) in [5.41, 5.74) is 2.13. The Balaban J connectivity index is 1.61. The molecule has 0 saturated carbocycles. The van der Waals surface area contributed by atoms with Gasteiger partial charge in [-0.1, -0.05) is 25.1 Å². The van der Waals surface area contributed by atoms with Crippen LogP contribution < -0.4 is 9.62 Å². The van der Waals surface area contributed by atoms with Gasteiger partial charge in [0, 0.05) is 24.8 Å². The van der Waals surface area contributed by atoms with Crippen molar-refractivity contribution >= 4 is 15.8 Å². The minimum atomic E-state index is -3.46. The van der Waals surface area contributed by atoms with Crippen LogP contribution in [-0.2, 0) is 16.4 Å². The van der Waals surface area contributed by atoms with Gasteiger partial charge in [-0.05, 0) is 56.0 Å². The number of aryl methyl sites for hydroxylation is 2. The lowest BCUT2D eigenvalue weighted by atomic mass is 10.1. The van der Waals surface area contributed by atoms with Gasteiger partial charge in [0.25, 0.3) is 0 Å². The summed E-state index contributed by atoms with van der Waals surface area (Å²) in [7, 11) is -3.46. The van der Waals surface area contributed by atoms with Gasteiger partial charge in [-0.3, -0.25) is 0 Å². The highest BCUT2D eigenvalue weighted by molar-refractivity contribution is 7.89. The molecule has 2 heterocycles. The molecule has 1 fully saturated rings. The average Bonchev–Trinajstić information content (AvgIpc) is 2.62. The van der Waals surface area contributed by atoms with E-state index in [-0.39, 0.29) is 6.04 Å². The topological polar surface area (TPSA) is 62.3 Å². The number of pyridine rings is 1. The zero-order valence-electron chi connectivity index (χ0n) is 14.8. The van der Waals surface area contributed by atoms with Gasteiger partial charge in [0.15, 0.2) is 0 Å². The highest BCUT2D eigenvalue weighted by Gasteiger charge is 2.25. The molecule has 0 unspecified atom stereocenters. The van der Waals surface area contributed by atoms with Crippen molar-refractivity contribution in [3.63, 3.8) is 0 Å². The van der Waals surface area contributed by atoms with Gasteiger partial charge < -0.3 is 4.90 Å². The second-order valence-electron chi connectivity index (χ2n) is 6.52. The van der Waals surface area contributed by atoms with Crippen molar-refractivity contribution in [2.24, 2.45) is 0 Å². The molecule has 1 aliphatic heterocycles. The third-order valence-electron chi connectivity index (χ3n) is 4.66. The molecule has 0 spiro atoms. The predicted octanol–water partition coefficient (Wildman–Crippen LogP) is 2.90. The van der Waals surface area contributed by atoms with Crippen LogP contribution in [0.15, 0.2) is 47.4 Å². The molecule has 0 amide bonds. The number of rotatable bonds is 5. The van der Waals surface area contributed by atoms with Gasteiger partial charge in [0.05, 0.1) is 4.90 Å². The van der Waals surface area contributed by atoms with Crippen LogP contribution in [-0.4, -0.2) is 32.5 Å². The molecule has 1 aromatic heterocycles. The number of nitrogens with one attached hydrogen (secondary N) is 1. The number of nitrogens with zero attached hydrogens (tertiary/aromatic N) is 2. The number of aromatic nitrogens is 1. The van der Waals surface area contributed by atoms with Crippen molar-refractivity contribution in [2.75, 3.05) is 18.0 Å². The van der Waals surface area contributed by atoms with Gasteiger partial charge in [0.1, 0.15) is 5.82 Å². The van der Waals surface area contributed by atoms with Crippen molar-refractivity contribution in [2.45, 2.75) is 44.0 Å². The van der Waals surface area contributed by atoms with Crippen LogP contribution in [0.1, 0.15) is 31.0 Å². The smallest absolute Gasteiger partial charge is 0.240 e. The molecule has 1 N–H and O–H groups in total. The van der Waals surface area contributed by atoms with Gasteiger partial charge in [-0.2, -0.15) is 0 Å². The van der Waals surface area contributed by atoms with Crippen LogP contribution in [0.4, 0.5) is 5.82 Å². The zero-order chi connectivity index (χ0) is 17.9. The van der Waals surface area contributed by atoms with E-state index in [9.17, 15) is 8.42 Å². The van der Waals surface area contributed by atoms with E-state index in [1.54, 1.807) is 12.1 Å². The molecule has 1 aromatic carbocycles. The normalized spacial score (nSPS) is 16.2. The fourth-order valence-electron chi connectivity index (χ4n) is 3.12. The quantitative estimate of drug-likeness (QED) is 0.892. The van der Waals surface area contributed by atoms with Crippen molar-refractivity contribution in [3.8, 4) is 0 Å². The van der Waals surface area contributed by atoms with Crippen LogP contribution in [0.2, 0.25) is 0 Å². The molecule has 1 aliphatic rings. The second-order valence-corrected chi connectivity index (χ2v) is 8.23. The first-order chi connectivity index (χ1) is 12.0. The molecule has 1 saturated heterocycles. The third-order valence-corrected chi connectivity index (χ3v) is 6.19. The number of sulfonamides is 1. The summed E-state index contributed by atoms with van der Waals surface area (Å²) >= 11 is 0. The largest absolute Gasteiger partial charge is 0.356 e. The Morgan fingerprint density at radius 3 is 2.40 bits per heavy atom. The summed E-state index contributed by atoms with van der Waals surface area (Å²) in [6, 6.07) is 13.1. The number of piperidine rings is 1. The third kappa shape index (κ3) is 4.38. The maximum Gasteiger partial charge on any atom is 0.240 e. The highest BCUT2D eigenvalue weighted by Crippen LogP contribution is 2.20. The lowest BCUT2D eigenvalue weighted by molar-refractivity contribution is 0.458. The summed E-state index contributed by atoms with van der Waals surface area (Å²) < 4.78 is 28.0. The van der Waals surface area contributed by atoms with Crippen molar-refractivity contribution < 1.29 is 8.42 Å². The number of benzene rings is 1. The minimum Gasteiger partial charge on any atom is -0.356 e. The van der Waals surface area contributed by atoms with Gasteiger partial charge in [0.2, 0.25) is 10.0 Å². The van der Waals surface area contributed by atoms with Crippen LogP contribution in [0.3, 0.4) is 0 Å². The Hall–Kier alpha value is -1.92. The molecule has 0 bridgehead atoms. The lowest BCUT2D eigenvalue weighted by Gasteiger charge is -2.33. The van der Waals surface area contributed by atoms with Crippen LogP contribution in [0.5, 0.6) is 0 Å². The molecule has 134 valence electrons. The molecule has 25 heavy (non-hydrogen) atoms. The average molecular weight is 359 g/mol. The van der Waals surface area contributed by atoms with Crippen LogP contribution >= 0.6 is 0 Å². The zero-order valence-corrected chi connectivity index (χ0v) is 15.6. The molecule has 3 rings (SSSR count). The maximum atomic E-state index is 12.6. The summed E-state index contributed by atoms with van der Waals surface area (Å²) in [6.07, 6.45) is 2.46. The first-order valence-electron chi connectivity index (χ1n) is 8.78. The molecular weight excluding hydrogens is 334 g/mol. The Kier molecular flexibility index (Phi) is 5.39. The molecule has 0 aliphatic carbocycles. The van der Waals surface area contributed by atoms with E-state index in [1.807, 2.05) is 37.3 Å². The lowest BCUT2D eigenvalue weighted by Crippen LogP contribution is -2.44. The number of hydrogen-bond acceptors (Lipinski definition) is 4. The van der Waals surface area contributed by atoms with Crippen LogP contribution in [0.25, 0.3) is 0 Å². The standard InChI is InChI=1S/C19H25N3O2S/c1-3-16-7-9-18(10-8-16)25(23,24)21-17-11-13-22(14-12-17)19-6-4-5-15(2)20-19/h4-10,17,21H,3,11-14H2,1-2H3. The van der Waals surface area contributed by atoms with Crippen molar-refractivity contribution in [1.82, 2.24) is 9.71 Å². The molecular formula is C19H25N3O2S. The Bertz CT molecular complexity index is 811. The molecule has 0 atom stereocenters. The first kappa shape index (κ1) is 17.9. The Labute approximate surface area is 150 Å². The summed E-state index contributed by atoms with van der Waals surface area (Å²) in [6.45, 7) is 5.64. The Morgan fingerprint density at radius 2 is 1.80 bits per heavy atom. The van der Waals surface area contributed by atoms with E-state index in [1.165, 1.54) is 0 Å². The monoisotopic (exact) mass is 359 g/mol. The summed E-state index contributed by atoms with van der Waals surface area (Å²) in [4.78, 5) is 7.10. The maximum absolute atomic E-state index is 12.6. The predicted molar refractivity (Wildman–Crippen MR) is 100 cm³/mol. The molecule has 6 heteroatoms. The summed E-state index contributed by atoms with van der Waals surface area (Å²) in [5.74, 6) is 0.969. The number of hydrogen-bond donors (Lipinski definition) is 1. The van der Waals surface area contributed by atoms with E-state index >= 15 is 0 Å². The summed E-state index contributed by atoms with van der Waals surface area (Å²) in [5, 5.41) is 0. The van der Waals surface area contributed by atoms with Gasteiger partial charge in [-0.15, -0.1) is 0 Å². The van der Waals surface area contributed by atoms with Crippen molar-refractivity contribution in [3.05, 3.63) is 53.7 Å². The minimum absolute atomic E-state index is 0.0306. The SMILES string of the molecule is CCc1ccc(S(=O)(=O)NC2CCN(c3cccc(C)n3)CC2)cc1. The fourth-order valence-corrected chi connectivity index (χ4v) is 4.43. The van der Waals surface area contributed by atoms with E-state index in [2.05, 4.69) is 21.5 Å². The van der Waals surface area contributed by atoms with E-state index in [4.69, 9.17) is 0 Å². The first-order valence-corrected chi connectivity index (χ1v) is 10.3. The van der Waals surface area contributed by atoms with Gasteiger partial charge in [-0.25, -0.2) is 18.1 Å². The van der Waals surface area contributed by atoms with E-state index < -0.39 is 10.0 Å². The second kappa shape index (κ2) is 7.54. The van der Waals surface area contributed by atoms with Crippen LogP contribution in [0, 0.1) is 6.92 Å². The van der Waals surface area contributed by atoms with E-state index in [0.29, 0.717) is 4.90 Å². The van der Waals surface area contributed by atoms with Gasteiger partial charge >= 0.3 is 0 Å². The Morgan fingerprint density at radius 1 is 1.12 bits per heavy atom. The number of anilines is 1.